The van der Waals surface area contributed by atoms with E-state index in [1.165, 1.54) is 32.1 Å². The number of carbonyl (C=O) groups excluding carboxylic acids is 1. The van der Waals surface area contributed by atoms with Gasteiger partial charge in [-0.2, -0.15) is 0 Å². The molecule has 2 aromatic carbocycles. The van der Waals surface area contributed by atoms with E-state index in [-0.39, 0.29) is 18.3 Å². The van der Waals surface area contributed by atoms with Crippen molar-refractivity contribution in [1.82, 2.24) is 0 Å². The highest BCUT2D eigenvalue weighted by Crippen LogP contribution is 2.37. The van der Waals surface area contributed by atoms with Gasteiger partial charge in [0, 0.05) is 29.4 Å². The van der Waals surface area contributed by atoms with Crippen molar-refractivity contribution in [2.75, 3.05) is 25.2 Å². The largest absolute Gasteiger partial charge is 0.496 e. The molecular weight excluding hydrogens is 321 g/mol. The minimum atomic E-state index is -0.333. The van der Waals surface area contributed by atoms with Crippen LogP contribution in [0.15, 0.2) is 36.4 Å². The molecule has 1 aliphatic carbocycles. The number of ether oxygens (including phenoxy) is 2. The molecule has 0 atom stereocenters. The molecule has 2 aliphatic rings. The number of benzene rings is 2. The summed E-state index contributed by atoms with van der Waals surface area (Å²) in [6.07, 6.45) is 2.37. The van der Waals surface area contributed by atoms with Gasteiger partial charge >= 0.3 is 0 Å². The van der Waals surface area contributed by atoms with Crippen molar-refractivity contribution >= 4 is 11.6 Å². The molecule has 0 aromatic heterocycles. The van der Waals surface area contributed by atoms with E-state index in [0.29, 0.717) is 18.3 Å². The van der Waals surface area contributed by atoms with E-state index in [4.69, 9.17) is 9.47 Å². The number of hydrogen-bond donors (Lipinski definition) is 0. The Morgan fingerprint density at radius 3 is 2.80 bits per heavy atom. The summed E-state index contributed by atoms with van der Waals surface area (Å²) in [5.74, 6) is 0.768. The minimum absolute atomic E-state index is 0.0118. The fraction of sp³-hybridized carbons (Fsp3) is 0.350. The Kier molecular flexibility index (Phi) is 4.17. The van der Waals surface area contributed by atoms with Gasteiger partial charge in [0.15, 0.2) is 0 Å². The number of halogens is 1. The minimum Gasteiger partial charge on any atom is -0.496 e. The van der Waals surface area contributed by atoms with Crippen LogP contribution in [-0.2, 0) is 16.1 Å². The van der Waals surface area contributed by atoms with Crippen LogP contribution in [0.4, 0.5) is 10.1 Å². The lowest BCUT2D eigenvalue weighted by Gasteiger charge is -2.23. The number of anilines is 1. The number of rotatable bonds is 4. The molecule has 4 rings (SSSR count). The lowest BCUT2D eigenvalue weighted by molar-refractivity contribution is -0.123. The summed E-state index contributed by atoms with van der Waals surface area (Å²) in [4.78, 5) is 14.2. The second-order valence-corrected chi connectivity index (χ2v) is 6.63. The molecule has 0 bridgehead atoms. The maximum atomic E-state index is 13.5. The Balaban J connectivity index is 1.74. The van der Waals surface area contributed by atoms with Crippen molar-refractivity contribution in [3.63, 3.8) is 0 Å². The van der Waals surface area contributed by atoms with Crippen LogP contribution in [0, 0.1) is 11.7 Å². The Morgan fingerprint density at radius 2 is 2.04 bits per heavy atom. The van der Waals surface area contributed by atoms with Gasteiger partial charge in [0.1, 0.15) is 18.2 Å². The Morgan fingerprint density at radius 1 is 1.20 bits per heavy atom. The van der Waals surface area contributed by atoms with Gasteiger partial charge in [0.25, 0.3) is 5.91 Å². The van der Waals surface area contributed by atoms with E-state index in [2.05, 4.69) is 0 Å². The topological polar surface area (TPSA) is 38.8 Å². The van der Waals surface area contributed by atoms with Crippen LogP contribution in [0.25, 0.3) is 11.1 Å². The van der Waals surface area contributed by atoms with Gasteiger partial charge in [-0.05, 0) is 48.6 Å². The third-order valence-electron chi connectivity index (χ3n) is 4.77. The monoisotopic (exact) mass is 341 g/mol. The first-order chi connectivity index (χ1) is 12.2. The maximum absolute atomic E-state index is 13.5. The summed E-state index contributed by atoms with van der Waals surface area (Å²) < 4.78 is 24.3. The standard InChI is InChI=1S/C20H20FNO3/c1-24-19-9-16(21)5-6-17(19)14-4-7-18-15(8-14)11-25-12-20(23)22(18)10-13-2-3-13/h4-9,13H,2-3,10-12H2,1H3. The average molecular weight is 341 g/mol. The second-order valence-electron chi connectivity index (χ2n) is 6.63. The highest BCUT2D eigenvalue weighted by Gasteiger charge is 2.30. The highest BCUT2D eigenvalue weighted by atomic mass is 19.1. The van der Waals surface area contributed by atoms with Crippen LogP contribution in [-0.4, -0.2) is 26.2 Å². The van der Waals surface area contributed by atoms with E-state index < -0.39 is 0 Å². The lowest BCUT2D eigenvalue weighted by atomic mass is 10.0. The predicted molar refractivity (Wildman–Crippen MR) is 93.1 cm³/mol. The Bertz CT molecular complexity index is 817. The molecule has 0 radical (unpaired) electrons. The van der Waals surface area contributed by atoms with Gasteiger partial charge < -0.3 is 14.4 Å². The number of fused-ring (bicyclic) bond motifs is 1. The summed E-state index contributed by atoms with van der Waals surface area (Å²) in [5, 5.41) is 0. The van der Waals surface area contributed by atoms with E-state index >= 15 is 0 Å². The van der Waals surface area contributed by atoms with Crippen LogP contribution in [0.2, 0.25) is 0 Å². The SMILES string of the molecule is COc1cc(F)ccc1-c1ccc2c(c1)COCC(=O)N2CC1CC1. The van der Waals surface area contributed by atoms with Crippen LogP contribution >= 0.6 is 0 Å². The molecule has 0 spiro atoms. The van der Waals surface area contributed by atoms with E-state index in [9.17, 15) is 9.18 Å². The van der Waals surface area contributed by atoms with E-state index in [1.54, 1.807) is 6.07 Å². The van der Waals surface area contributed by atoms with Gasteiger partial charge in [0.05, 0.1) is 13.7 Å². The first-order valence-corrected chi connectivity index (χ1v) is 8.50. The second kappa shape index (κ2) is 6.48. The molecular formula is C20H20FNO3. The summed E-state index contributed by atoms with van der Waals surface area (Å²) in [6, 6.07) is 10.4. The van der Waals surface area contributed by atoms with Crippen LogP contribution in [0.5, 0.6) is 5.75 Å². The smallest absolute Gasteiger partial charge is 0.253 e. The molecule has 0 N–H and O–H groups in total. The quantitative estimate of drug-likeness (QED) is 0.850. The molecule has 2 aromatic rings. The van der Waals surface area contributed by atoms with Gasteiger partial charge in [-0.1, -0.05) is 6.07 Å². The first kappa shape index (κ1) is 16.1. The normalized spacial score (nSPS) is 17.2. The van der Waals surface area contributed by atoms with Gasteiger partial charge in [0.2, 0.25) is 0 Å². The predicted octanol–water partition coefficient (Wildman–Crippen LogP) is 3.77. The third-order valence-corrected chi connectivity index (χ3v) is 4.77. The molecule has 1 fully saturated rings. The van der Waals surface area contributed by atoms with Crippen LogP contribution in [0.3, 0.4) is 0 Å². The summed E-state index contributed by atoms with van der Waals surface area (Å²) in [6.45, 7) is 1.25. The van der Waals surface area contributed by atoms with E-state index in [1.807, 2.05) is 23.1 Å². The van der Waals surface area contributed by atoms with Crippen molar-refractivity contribution in [2.45, 2.75) is 19.4 Å². The molecule has 0 unspecified atom stereocenters. The average Bonchev–Trinajstić information content (AvgIpc) is 3.44. The van der Waals surface area contributed by atoms with Crippen molar-refractivity contribution in [2.24, 2.45) is 5.92 Å². The maximum Gasteiger partial charge on any atom is 0.253 e. The van der Waals surface area contributed by atoms with E-state index in [0.717, 1.165) is 28.9 Å². The molecule has 4 nitrogen and oxygen atoms in total. The van der Waals surface area contributed by atoms with Crippen molar-refractivity contribution in [1.29, 1.82) is 0 Å². The van der Waals surface area contributed by atoms with Gasteiger partial charge in [-0.15, -0.1) is 0 Å². The zero-order valence-corrected chi connectivity index (χ0v) is 14.1. The Hall–Kier alpha value is -2.40. The third kappa shape index (κ3) is 3.24. The molecule has 1 heterocycles. The van der Waals surface area contributed by atoms with Crippen molar-refractivity contribution in [3.05, 3.63) is 47.8 Å². The molecule has 25 heavy (non-hydrogen) atoms. The molecule has 1 aliphatic heterocycles. The van der Waals surface area contributed by atoms with Crippen LogP contribution in [0.1, 0.15) is 18.4 Å². The molecule has 1 saturated carbocycles. The van der Waals surface area contributed by atoms with Gasteiger partial charge in [-0.25, -0.2) is 4.39 Å². The fourth-order valence-corrected chi connectivity index (χ4v) is 3.25. The summed E-state index contributed by atoms with van der Waals surface area (Å²) in [7, 11) is 1.53. The number of carbonyl (C=O) groups is 1. The molecule has 5 heteroatoms. The zero-order chi connectivity index (χ0) is 17.4. The van der Waals surface area contributed by atoms with Gasteiger partial charge in [-0.3, -0.25) is 4.79 Å². The number of methoxy groups -OCH3 is 1. The number of hydrogen-bond acceptors (Lipinski definition) is 3. The molecule has 0 saturated heterocycles. The highest BCUT2D eigenvalue weighted by molar-refractivity contribution is 5.96. The van der Waals surface area contributed by atoms with Crippen LogP contribution < -0.4 is 9.64 Å². The first-order valence-electron chi connectivity index (χ1n) is 8.50. The molecule has 1 amide bonds. The van der Waals surface area contributed by atoms with Crippen molar-refractivity contribution < 1.29 is 18.7 Å². The Labute approximate surface area is 146 Å². The summed E-state index contributed by atoms with van der Waals surface area (Å²) in [5.41, 5.74) is 3.62. The molecule has 130 valence electrons. The lowest BCUT2D eigenvalue weighted by Crippen LogP contribution is -2.34. The number of amides is 1. The fourth-order valence-electron chi connectivity index (χ4n) is 3.25. The number of nitrogens with zero attached hydrogens (tertiary/aromatic N) is 1. The van der Waals surface area contributed by atoms with Crippen molar-refractivity contribution in [3.8, 4) is 16.9 Å². The summed E-state index contributed by atoms with van der Waals surface area (Å²) >= 11 is 0. The zero-order valence-electron chi connectivity index (χ0n) is 14.1.